The summed E-state index contributed by atoms with van der Waals surface area (Å²) >= 11 is 1.33. The summed E-state index contributed by atoms with van der Waals surface area (Å²) in [4.78, 5) is 27.7. The summed E-state index contributed by atoms with van der Waals surface area (Å²) in [6.07, 6.45) is 0. The normalized spacial score (nSPS) is 10.6. The predicted molar refractivity (Wildman–Crippen MR) is 93.9 cm³/mol. The first-order valence-electron chi connectivity index (χ1n) is 7.49. The van der Waals surface area contributed by atoms with Crippen LogP contribution in [0.3, 0.4) is 0 Å². The Morgan fingerprint density at radius 2 is 1.87 bits per heavy atom. The van der Waals surface area contributed by atoms with Gasteiger partial charge in [-0.2, -0.15) is 0 Å². The fourth-order valence-corrected chi connectivity index (χ4v) is 3.16. The SMILES string of the molecule is CCNC(=O)NC(=O)CSc1cc(C)c2cc(C)cc(C)c2n1. The molecule has 2 aromatic rings. The summed E-state index contributed by atoms with van der Waals surface area (Å²) in [7, 11) is 0. The smallest absolute Gasteiger partial charge is 0.321 e. The number of aryl methyl sites for hydroxylation is 3. The van der Waals surface area contributed by atoms with Gasteiger partial charge in [0.15, 0.2) is 0 Å². The predicted octanol–water partition coefficient (Wildman–Crippen LogP) is 3.10. The molecule has 5 nitrogen and oxygen atoms in total. The number of urea groups is 1. The maximum Gasteiger partial charge on any atom is 0.321 e. The second kappa shape index (κ2) is 7.46. The molecule has 0 aliphatic carbocycles. The molecule has 122 valence electrons. The number of rotatable bonds is 4. The van der Waals surface area contributed by atoms with E-state index in [-0.39, 0.29) is 11.7 Å². The number of thioether (sulfide) groups is 1. The van der Waals surface area contributed by atoms with E-state index in [1.54, 1.807) is 6.92 Å². The maximum atomic E-state index is 11.7. The summed E-state index contributed by atoms with van der Waals surface area (Å²) in [5.41, 5.74) is 4.43. The van der Waals surface area contributed by atoms with Gasteiger partial charge in [-0.3, -0.25) is 10.1 Å². The van der Waals surface area contributed by atoms with Gasteiger partial charge in [-0.05, 0) is 51.0 Å². The van der Waals surface area contributed by atoms with Gasteiger partial charge >= 0.3 is 6.03 Å². The number of hydrogen-bond donors (Lipinski definition) is 2. The van der Waals surface area contributed by atoms with Gasteiger partial charge < -0.3 is 5.32 Å². The Bertz CT molecular complexity index is 759. The summed E-state index contributed by atoms with van der Waals surface area (Å²) in [5, 5.41) is 6.73. The standard InChI is InChI=1S/C17H21N3O2S/c1-5-18-17(22)19-14(21)9-23-15-8-11(3)13-7-10(2)6-12(4)16(13)20-15/h6-8H,5,9H2,1-4H3,(H2,18,19,21,22). The minimum atomic E-state index is -0.466. The summed E-state index contributed by atoms with van der Waals surface area (Å²) in [5.74, 6) is -0.180. The van der Waals surface area contributed by atoms with Gasteiger partial charge in [0.25, 0.3) is 0 Å². The number of fused-ring (bicyclic) bond motifs is 1. The Labute approximate surface area is 140 Å². The number of pyridine rings is 1. The van der Waals surface area contributed by atoms with E-state index in [2.05, 4.69) is 34.7 Å². The second-order valence-electron chi connectivity index (χ2n) is 5.45. The number of carbonyl (C=O) groups excluding carboxylic acids is 2. The van der Waals surface area contributed by atoms with Crippen LogP contribution in [0.25, 0.3) is 10.9 Å². The first-order valence-corrected chi connectivity index (χ1v) is 8.48. The van der Waals surface area contributed by atoms with Gasteiger partial charge in [-0.15, -0.1) is 0 Å². The Kier molecular flexibility index (Phi) is 5.60. The topological polar surface area (TPSA) is 71.1 Å². The summed E-state index contributed by atoms with van der Waals surface area (Å²) in [6.45, 7) is 8.43. The van der Waals surface area contributed by atoms with Crippen molar-refractivity contribution in [3.63, 3.8) is 0 Å². The number of nitrogens with zero attached hydrogens (tertiary/aromatic N) is 1. The van der Waals surface area contributed by atoms with E-state index in [9.17, 15) is 9.59 Å². The molecule has 1 aromatic heterocycles. The first kappa shape index (κ1) is 17.3. The Hall–Kier alpha value is -2.08. The molecule has 3 amide bonds. The van der Waals surface area contributed by atoms with E-state index in [4.69, 9.17) is 0 Å². The van der Waals surface area contributed by atoms with E-state index < -0.39 is 6.03 Å². The van der Waals surface area contributed by atoms with Crippen molar-refractivity contribution in [2.24, 2.45) is 0 Å². The quantitative estimate of drug-likeness (QED) is 0.845. The number of hydrogen-bond acceptors (Lipinski definition) is 4. The number of nitrogens with one attached hydrogen (secondary N) is 2. The van der Waals surface area contributed by atoms with Crippen LogP contribution in [0, 0.1) is 20.8 Å². The highest BCUT2D eigenvalue weighted by atomic mass is 32.2. The second-order valence-corrected chi connectivity index (χ2v) is 6.45. The molecule has 2 rings (SSSR count). The van der Waals surface area contributed by atoms with Gasteiger partial charge in [0.2, 0.25) is 5.91 Å². The van der Waals surface area contributed by atoms with E-state index in [1.165, 1.54) is 17.3 Å². The van der Waals surface area contributed by atoms with E-state index in [0.717, 1.165) is 27.1 Å². The van der Waals surface area contributed by atoms with Crippen LogP contribution in [0.5, 0.6) is 0 Å². The molecule has 0 atom stereocenters. The Morgan fingerprint density at radius 3 is 2.57 bits per heavy atom. The minimum absolute atomic E-state index is 0.153. The van der Waals surface area contributed by atoms with Crippen molar-refractivity contribution < 1.29 is 9.59 Å². The Balaban J connectivity index is 2.12. The van der Waals surface area contributed by atoms with Gasteiger partial charge in [0, 0.05) is 11.9 Å². The van der Waals surface area contributed by atoms with Crippen LogP contribution in [0.1, 0.15) is 23.6 Å². The largest absolute Gasteiger partial charge is 0.338 e. The summed E-state index contributed by atoms with van der Waals surface area (Å²) < 4.78 is 0. The van der Waals surface area contributed by atoms with Crippen LogP contribution in [0.15, 0.2) is 23.2 Å². The van der Waals surface area contributed by atoms with Crippen molar-refractivity contribution in [1.29, 1.82) is 0 Å². The number of aromatic nitrogens is 1. The molecule has 0 unspecified atom stereocenters. The average molecular weight is 331 g/mol. The molecule has 0 saturated heterocycles. The lowest BCUT2D eigenvalue weighted by Gasteiger charge is -2.10. The molecule has 23 heavy (non-hydrogen) atoms. The van der Waals surface area contributed by atoms with Crippen molar-refractivity contribution in [3.05, 3.63) is 34.9 Å². The number of carbonyl (C=O) groups is 2. The molecule has 1 heterocycles. The molecule has 0 aliphatic heterocycles. The molecule has 0 saturated carbocycles. The van der Waals surface area contributed by atoms with Gasteiger partial charge in [-0.25, -0.2) is 9.78 Å². The van der Waals surface area contributed by atoms with Crippen molar-refractivity contribution in [3.8, 4) is 0 Å². The van der Waals surface area contributed by atoms with Crippen LogP contribution >= 0.6 is 11.8 Å². The molecule has 0 aliphatic rings. The molecular weight excluding hydrogens is 310 g/mol. The number of amides is 3. The third kappa shape index (κ3) is 4.45. The molecule has 0 bridgehead atoms. The summed E-state index contributed by atoms with van der Waals surface area (Å²) in [6, 6.07) is 5.74. The van der Waals surface area contributed by atoms with Crippen LogP contribution in [-0.4, -0.2) is 29.2 Å². The van der Waals surface area contributed by atoms with Crippen molar-refractivity contribution >= 4 is 34.6 Å². The minimum Gasteiger partial charge on any atom is -0.338 e. The molecule has 2 N–H and O–H groups in total. The zero-order valence-electron chi connectivity index (χ0n) is 13.8. The lowest BCUT2D eigenvalue weighted by Crippen LogP contribution is -2.40. The zero-order valence-corrected chi connectivity index (χ0v) is 14.6. The third-order valence-electron chi connectivity index (χ3n) is 3.37. The maximum absolute atomic E-state index is 11.7. The molecule has 0 radical (unpaired) electrons. The molecule has 0 fully saturated rings. The lowest BCUT2D eigenvalue weighted by molar-refractivity contribution is -0.117. The first-order chi connectivity index (χ1) is 10.9. The third-order valence-corrected chi connectivity index (χ3v) is 4.28. The highest BCUT2D eigenvalue weighted by Gasteiger charge is 2.10. The molecular formula is C17H21N3O2S. The van der Waals surface area contributed by atoms with Crippen molar-refractivity contribution in [2.75, 3.05) is 12.3 Å². The van der Waals surface area contributed by atoms with Crippen molar-refractivity contribution in [2.45, 2.75) is 32.7 Å². The number of benzene rings is 1. The van der Waals surface area contributed by atoms with Crippen LogP contribution in [-0.2, 0) is 4.79 Å². The fourth-order valence-electron chi connectivity index (χ4n) is 2.40. The van der Waals surface area contributed by atoms with Gasteiger partial charge in [-0.1, -0.05) is 23.4 Å². The molecule has 6 heteroatoms. The van der Waals surface area contributed by atoms with Crippen LogP contribution in [0.4, 0.5) is 4.79 Å². The van der Waals surface area contributed by atoms with Crippen LogP contribution < -0.4 is 10.6 Å². The fraction of sp³-hybridized carbons (Fsp3) is 0.353. The number of imide groups is 1. The highest BCUT2D eigenvalue weighted by molar-refractivity contribution is 7.99. The van der Waals surface area contributed by atoms with Gasteiger partial charge in [0.1, 0.15) is 0 Å². The van der Waals surface area contributed by atoms with Crippen molar-refractivity contribution in [1.82, 2.24) is 15.6 Å². The average Bonchev–Trinajstić information content (AvgIpc) is 2.46. The van der Waals surface area contributed by atoms with E-state index in [0.29, 0.717) is 6.54 Å². The Morgan fingerprint density at radius 1 is 1.13 bits per heavy atom. The molecule has 1 aromatic carbocycles. The van der Waals surface area contributed by atoms with Crippen LogP contribution in [0.2, 0.25) is 0 Å². The van der Waals surface area contributed by atoms with E-state index in [1.807, 2.05) is 19.9 Å². The monoisotopic (exact) mass is 331 g/mol. The zero-order chi connectivity index (χ0) is 17.0. The highest BCUT2D eigenvalue weighted by Crippen LogP contribution is 2.26. The lowest BCUT2D eigenvalue weighted by atomic mass is 10.0. The van der Waals surface area contributed by atoms with E-state index >= 15 is 0 Å². The molecule has 0 spiro atoms. The van der Waals surface area contributed by atoms with Gasteiger partial charge in [0.05, 0.1) is 16.3 Å².